The summed E-state index contributed by atoms with van der Waals surface area (Å²) in [7, 11) is 0. The van der Waals surface area contributed by atoms with E-state index < -0.39 is 5.97 Å². The monoisotopic (exact) mass is 380 g/mol. The van der Waals surface area contributed by atoms with Crippen LogP contribution in [-0.2, 0) is 4.79 Å². The molecule has 25 heavy (non-hydrogen) atoms. The molecule has 6 nitrogen and oxygen atoms in total. The molecule has 0 aliphatic heterocycles. The Kier molecular flexibility index (Phi) is 7.09. The summed E-state index contributed by atoms with van der Waals surface area (Å²) in [5.41, 5.74) is 0.543. The zero-order valence-electron chi connectivity index (χ0n) is 13.5. The van der Waals surface area contributed by atoms with Crippen LogP contribution in [0.2, 0.25) is 5.02 Å². The summed E-state index contributed by atoms with van der Waals surface area (Å²) in [5, 5.41) is 12.6. The molecule has 0 atom stereocenters. The maximum Gasteiger partial charge on any atom is 0.338 e. The minimum atomic E-state index is -1.08. The fourth-order valence-corrected chi connectivity index (χ4v) is 2.88. The molecule has 0 bridgehead atoms. The van der Waals surface area contributed by atoms with Crippen LogP contribution >= 0.6 is 23.4 Å². The van der Waals surface area contributed by atoms with Crippen LogP contribution in [0.1, 0.15) is 23.7 Å². The Labute approximate surface area is 154 Å². The highest BCUT2D eigenvalue weighted by molar-refractivity contribution is 8.00. The molecule has 0 radical (unpaired) electrons. The predicted molar refractivity (Wildman–Crippen MR) is 97.8 cm³/mol. The molecule has 0 spiro atoms. The zero-order valence-corrected chi connectivity index (χ0v) is 15.1. The second kappa shape index (κ2) is 9.29. The van der Waals surface area contributed by atoms with E-state index in [1.807, 2.05) is 6.92 Å². The minimum Gasteiger partial charge on any atom is -0.491 e. The van der Waals surface area contributed by atoms with E-state index in [0.29, 0.717) is 28.1 Å². The van der Waals surface area contributed by atoms with Crippen molar-refractivity contribution in [2.24, 2.45) is 0 Å². The van der Waals surface area contributed by atoms with Crippen LogP contribution in [0.25, 0.3) is 0 Å². The van der Waals surface area contributed by atoms with Gasteiger partial charge in [0.2, 0.25) is 5.91 Å². The number of rotatable bonds is 8. The molecule has 0 saturated carbocycles. The number of carbonyl (C=O) groups is 2. The Balaban J connectivity index is 2.03. The summed E-state index contributed by atoms with van der Waals surface area (Å²) in [6.45, 7) is 2.51. The van der Waals surface area contributed by atoms with Crippen LogP contribution < -0.4 is 10.1 Å². The summed E-state index contributed by atoms with van der Waals surface area (Å²) < 4.78 is 5.59. The molecule has 0 aliphatic rings. The molecule has 1 heterocycles. The van der Waals surface area contributed by atoms with Gasteiger partial charge in [0.1, 0.15) is 10.8 Å². The standard InChI is InChI=1S/C17H17ClN2O4S/c1-2-8-24-14-6-5-11(18)9-13(14)20-15(21)10-25-16-12(17(22)23)4-3-7-19-16/h3-7,9H,2,8,10H2,1H3,(H,20,21)(H,22,23). The number of nitrogens with one attached hydrogen (secondary N) is 1. The normalized spacial score (nSPS) is 10.3. The van der Waals surface area contributed by atoms with Crippen molar-refractivity contribution in [3.05, 3.63) is 47.1 Å². The van der Waals surface area contributed by atoms with Crippen LogP contribution in [-0.4, -0.2) is 34.3 Å². The topological polar surface area (TPSA) is 88.5 Å². The summed E-state index contributed by atoms with van der Waals surface area (Å²) >= 11 is 7.03. The molecule has 2 rings (SSSR count). The molecule has 2 aromatic rings. The van der Waals surface area contributed by atoms with Crippen molar-refractivity contribution < 1.29 is 19.4 Å². The van der Waals surface area contributed by atoms with Gasteiger partial charge in [-0.25, -0.2) is 9.78 Å². The molecule has 0 fully saturated rings. The third-order valence-corrected chi connectivity index (χ3v) is 4.26. The Morgan fingerprint density at radius 1 is 1.36 bits per heavy atom. The average molecular weight is 381 g/mol. The second-order valence-electron chi connectivity index (χ2n) is 4.99. The number of hydrogen-bond acceptors (Lipinski definition) is 5. The zero-order chi connectivity index (χ0) is 18.2. The number of carboxylic acids is 1. The number of hydrogen-bond donors (Lipinski definition) is 2. The lowest BCUT2D eigenvalue weighted by atomic mass is 10.3. The van der Waals surface area contributed by atoms with Crippen molar-refractivity contribution in [1.29, 1.82) is 0 Å². The number of carboxylic acid groups (broad SMARTS) is 1. The molecule has 1 aromatic carbocycles. The maximum absolute atomic E-state index is 12.2. The minimum absolute atomic E-state index is 0.0109. The predicted octanol–water partition coefficient (Wildman–Crippen LogP) is 3.95. The van der Waals surface area contributed by atoms with Crippen molar-refractivity contribution in [1.82, 2.24) is 4.98 Å². The van der Waals surface area contributed by atoms with Crippen LogP contribution in [0.5, 0.6) is 5.75 Å². The van der Waals surface area contributed by atoms with E-state index in [9.17, 15) is 9.59 Å². The fraction of sp³-hybridized carbons (Fsp3) is 0.235. The van der Waals surface area contributed by atoms with E-state index >= 15 is 0 Å². The summed E-state index contributed by atoms with van der Waals surface area (Å²) in [5.74, 6) is -0.845. The highest BCUT2D eigenvalue weighted by Crippen LogP contribution is 2.29. The summed E-state index contributed by atoms with van der Waals surface area (Å²) in [6.07, 6.45) is 2.32. The highest BCUT2D eigenvalue weighted by atomic mass is 35.5. The van der Waals surface area contributed by atoms with Gasteiger partial charge in [-0.2, -0.15) is 0 Å². The molecule has 0 aliphatic carbocycles. The van der Waals surface area contributed by atoms with Crippen LogP contribution in [0.4, 0.5) is 5.69 Å². The third kappa shape index (κ3) is 5.65. The number of ether oxygens (including phenoxy) is 1. The van der Waals surface area contributed by atoms with Gasteiger partial charge < -0.3 is 15.2 Å². The van der Waals surface area contributed by atoms with Gasteiger partial charge in [-0.05, 0) is 36.8 Å². The van der Waals surface area contributed by atoms with Gasteiger partial charge in [0.15, 0.2) is 0 Å². The first-order valence-corrected chi connectivity index (χ1v) is 8.91. The van der Waals surface area contributed by atoms with E-state index in [2.05, 4.69) is 10.3 Å². The lowest BCUT2D eigenvalue weighted by Crippen LogP contribution is -2.15. The van der Waals surface area contributed by atoms with Gasteiger partial charge in [-0.3, -0.25) is 4.79 Å². The van der Waals surface area contributed by atoms with Gasteiger partial charge in [0.05, 0.1) is 23.6 Å². The Hall–Kier alpha value is -2.25. The first-order valence-electron chi connectivity index (χ1n) is 7.54. The van der Waals surface area contributed by atoms with Crippen molar-refractivity contribution in [2.75, 3.05) is 17.7 Å². The number of aromatic nitrogens is 1. The Morgan fingerprint density at radius 2 is 2.16 bits per heavy atom. The number of pyridine rings is 1. The lowest BCUT2D eigenvalue weighted by molar-refractivity contribution is -0.113. The van der Waals surface area contributed by atoms with Crippen molar-refractivity contribution in [2.45, 2.75) is 18.4 Å². The van der Waals surface area contributed by atoms with Crippen molar-refractivity contribution in [3.63, 3.8) is 0 Å². The number of aromatic carboxylic acids is 1. The number of thioether (sulfide) groups is 1. The van der Waals surface area contributed by atoms with E-state index in [4.69, 9.17) is 21.4 Å². The molecule has 1 aromatic heterocycles. The number of amides is 1. The van der Waals surface area contributed by atoms with Gasteiger partial charge in [-0.1, -0.05) is 30.3 Å². The number of halogens is 1. The van der Waals surface area contributed by atoms with Crippen molar-refractivity contribution in [3.8, 4) is 5.75 Å². The van der Waals surface area contributed by atoms with Crippen LogP contribution in [0.3, 0.4) is 0 Å². The highest BCUT2D eigenvalue weighted by Gasteiger charge is 2.14. The van der Waals surface area contributed by atoms with Gasteiger partial charge in [0, 0.05) is 11.2 Å². The van der Waals surface area contributed by atoms with Crippen LogP contribution in [0, 0.1) is 0 Å². The van der Waals surface area contributed by atoms with Gasteiger partial charge in [-0.15, -0.1) is 0 Å². The molecular weight excluding hydrogens is 364 g/mol. The lowest BCUT2D eigenvalue weighted by Gasteiger charge is -2.12. The van der Waals surface area contributed by atoms with E-state index in [-0.39, 0.29) is 17.2 Å². The van der Waals surface area contributed by atoms with Gasteiger partial charge in [0.25, 0.3) is 0 Å². The van der Waals surface area contributed by atoms with E-state index in [0.717, 1.165) is 18.2 Å². The largest absolute Gasteiger partial charge is 0.491 e. The molecule has 0 unspecified atom stereocenters. The first kappa shape index (κ1) is 19.1. The number of anilines is 1. The molecule has 8 heteroatoms. The van der Waals surface area contributed by atoms with E-state index in [1.54, 1.807) is 18.2 Å². The maximum atomic E-state index is 12.2. The number of benzene rings is 1. The SMILES string of the molecule is CCCOc1ccc(Cl)cc1NC(=O)CSc1ncccc1C(=O)O. The molecule has 132 valence electrons. The smallest absolute Gasteiger partial charge is 0.338 e. The quantitative estimate of drug-likeness (QED) is 0.674. The third-order valence-electron chi connectivity index (χ3n) is 3.02. The second-order valence-corrected chi connectivity index (χ2v) is 6.39. The van der Waals surface area contributed by atoms with Crippen molar-refractivity contribution >= 4 is 40.9 Å². The number of carbonyl (C=O) groups excluding carboxylic acids is 1. The first-order chi connectivity index (χ1) is 12.0. The van der Waals surface area contributed by atoms with Gasteiger partial charge >= 0.3 is 5.97 Å². The Morgan fingerprint density at radius 3 is 2.88 bits per heavy atom. The average Bonchev–Trinajstić information content (AvgIpc) is 2.59. The fourth-order valence-electron chi connectivity index (χ4n) is 1.93. The Bertz CT molecular complexity index is 770. The summed E-state index contributed by atoms with van der Waals surface area (Å²) in [4.78, 5) is 27.4. The molecule has 0 saturated heterocycles. The molecule has 2 N–H and O–H groups in total. The summed E-state index contributed by atoms with van der Waals surface area (Å²) in [6, 6.07) is 7.98. The molecular formula is C17H17ClN2O4S. The number of nitrogens with zero attached hydrogens (tertiary/aromatic N) is 1. The molecule has 1 amide bonds. The van der Waals surface area contributed by atoms with E-state index in [1.165, 1.54) is 18.3 Å². The van der Waals surface area contributed by atoms with Crippen LogP contribution in [0.15, 0.2) is 41.6 Å².